The van der Waals surface area contributed by atoms with E-state index in [9.17, 15) is 10.2 Å². The van der Waals surface area contributed by atoms with Gasteiger partial charge in [0.05, 0.1) is 50.5 Å². The van der Waals surface area contributed by atoms with Crippen LogP contribution in [0.25, 0.3) is 22.4 Å². The number of ether oxygens (including phenoxy) is 1. The van der Waals surface area contributed by atoms with Crippen LogP contribution in [0.5, 0.6) is 5.75 Å². The topological polar surface area (TPSA) is 190 Å². The van der Waals surface area contributed by atoms with Gasteiger partial charge in [-0.3, -0.25) is 0 Å². The Morgan fingerprint density at radius 3 is 1.90 bits per heavy atom. The van der Waals surface area contributed by atoms with Gasteiger partial charge in [0.15, 0.2) is 17.5 Å². The van der Waals surface area contributed by atoms with Crippen LogP contribution in [0.2, 0.25) is 5.28 Å². The van der Waals surface area contributed by atoms with Crippen molar-refractivity contribution in [2.24, 2.45) is 0 Å². The second-order valence-electron chi connectivity index (χ2n) is 15.5. The molecule has 62 heavy (non-hydrogen) atoms. The summed E-state index contributed by atoms with van der Waals surface area (Å²) in [7, 11) is 1.65. The third-order valence-corrected chi connectivity index (χ3v) is 11.1. The van der Waals surface area contributed by atoms with Gasteiger partial charge in [0.1, 0.15) is 35.3 Å². The van der Waals surface area contributed by atoms with Gasteiger partial charge in [-0.25, -0.2) is 19.0 Å². The van der Waals surface area contributed by atoms with Crippen molar-refractivity contribution in [2.45, 2.75) is 58.5 Å². The first-order valence-corrected chi connectivity index (χ1v) is 20.9. The predicted molar refractivity (Wildman–Crippen MR) is 241 cm³/mol. The molecule has 8 aromatic rings. The van der Waals surface area contributed by atoms with Crippen molar-refractivity contribution in [1.29, 1.82) is 0 Å². The Kier molecular flexibility index (Phi) is 12.5. The molecule has 0 radical (unpaired) electrons. The number of aromatic nitrogens is 10. The number of nitrogens with zero attached hydrogens (tertiary/aromatic N) is 12. The van der Waals surface area contributed by atoms with E-state index in [2.05, 4.69) is 72.3 Å². The number of aryl methyl sites for hydroxylation is 3. The minimum atomic E-state index is 0.0928. The molecule has 18 heteroatoms. The first-order chi connectivity index (χ1) is 30.1. The maximum Gasteiger partial charge on any atom is 0.248 e. The molecule has 10 rings (SSSR count). The quantitative estimate of drug-likeness (QED) is 0.126. The zero-order chi connectivity index (χ0) is 43.3. The van der Waals surface area contributed by atoms with Gasteiger partial charge in [-0.2, -0.15) is 9.97 Å². The number of methoxy groups -OCH3 is 1. The van der Waals surface area contributed by atoms with E-state index in [-0.39, 0.29) is 30.6 Å². The molecule has 0 unspecified atom stereocenters. The van der Waals surface area contributed by atoms with Crippen molar-refractivity contribution in [3.63, 3.8) is 0 Å². The molecular formula is C44H51ClN14O3. The van der Waals surface area contributed by atoms with Crippen LogP contribution in [-0.2, 0) is 0 Å². The van der Waals surface area contributed by atoms with Crippen LogP contribution in [0.3, 0.4) is 0 Å². The van der Waals surface area contributed by atoms with E-state index >= 15 is 0 Å². The number of aliphatic hydroxyl groups is 2. The standard InChI is InChI=1S/C22H25N7O.C11H13ClN4O.C11H13N3O/c1-15-9-16(2)11-18(10-15)27-12-20(23-14-27)24-22-25-21(19-6-4-8-29(19)26-22)28-7-3-5-17(28)13-30;12-11-13-10(9-4-2-6-16(9)14-11)15-5-1-3-8(15)7-17;1-8-3-9(5-10(4-8)15-2)14-6-11(12)13-7-14/h4,6,8-12,14,17,30H,3,5,7,13H2,1-2H3,(H,24,26);2,4,6,8,17H,1,3,5,7H2;3-7H,12H2,1-2H3/t17-;8-;/m00./s1. The normalized spacial score (nSPS) is 16.0. The maximum atomic E-state index is 9.75. The van der Waals surface area contributed by atoms with Crippen LogP contribution in [0.15, 0.2) is 98.1 Å². The van der Waals surface area contributed by atoms with E-state index in [0.29, 0.717) is 17.6 Å². The molecule has 5 N–H and O–H groups in total. The largest absolute Gasteiger partial charge is 0.497 e. The van der Waals surface area contributed by atoms with Gasteiger partial charge in [-0.1, -0.05) is 6.07 Å². The molecule has 2 saturated heterocycles. The molecule has 2 aliphatic rings. The highest BCUT2D eigenvalue weighted by Crippen LogP contribution is 2.30. The average Bonchev–Trinajstić information content (AvgIpc) is 4.12. The Bertz CT molecular complexity index is 2760. The van der Waals surface area contributed by atoms with Crippen LogP contribution < -0.4 is 25.6 Å². The lowest BCUT2D eigenvalue weighted by Crippen LogP contribution is -2.33. The average molecular weight is 859 g/mol. The minimum absolute atomic E-state index is 0.0928. The fourth-order valence-electron chi connectivity index (χ4n) is 8.11. The summed E-state index contributed by atoms with van der Waals surface area (Å²) < 4.78 is 12.6. The molecule has 0 aliphatic carbocycles. The Balaban J connectivity index is 0.000000140. The van der Waals surface area contributed by atoms with E-state index in [1.807, 2.05) is 81.6 Å². The summed E-state index contributed by atoms with van der Waals surface area (Å²) in [6.07, 6.45) is 15.0. The molecule has 2 aliphatic heterocycles. The fourth-order valence-corrected chi connectivity index (χ4v) is 8.27. The van der Waals surface area contributed by atoms with Gasteiger partial charge < -0.3 is 44.9 Å². The summed E-state index contributed by atoms with van der Waals surface area (Å²) in [6.45, 7) is 8.25. The molecule has 0 amide bonds. The first kappa shape index (κ1) is 42.0. The lowest BCUT2D eigenvalue weighted by Gasteiger charge is -2.25. The number of nitrogens with two attached hydrogens (primary N) is 1. The number of nitrogens with one attached hydrogen (secondary N) is 1. The molecular weight excluding hydrogens is 808 g/mol. The van der Waals surface area contributed by atoms with E-state index in [1.165, 1.54) is 11.1 Å². The van der Waals surface area contributed by atoms with Crippen molar-refractivity contribution in [1.82, 2.24) is 48.3 Å². The van der Waals surface area contributed by atoms with Crippen molar-refractivity contribution in [3.8, 4) is 17.1 Å². The molecule has 8 heterocycles. The first-order valence-electron chi connectivity index (χ1n) is 20.6. The van der Waals surface area contributed by atoms with Crippen LogP contribution in [0, 0.1) is 20.8 Å². The van der Waals surface area contributed by atoms with Crippen molar-refractivity contribution < 1.29 is 14.9 Å². The van der Waals surface area contributed by atoms with Gasteiger partial charge >= 0.3 is 0 Å². The Labute approximate surface area is 364 Å². The summed E-state index contributed by atoms with van der Waals surface area (Å²) in [4.78, 5) is 21.8. The number of benzene rings is 2. The lowest BCUT2D eigenvalue weighted by molar-refractivity contribution is 0.266. The SMILES string of the molecule is COc1cc(C)cc(-n2cnc(N)c2)c1.Cc1cc(C)cc(-n2cnc(Nc3nc(N4CCC[C@H]4CO)c4cccn4n3)c2)c1.OC[C@@H]1CCCN1c1nc(Cl)nn2cccc12. The van der Waals surface area contributed by atoms with Crippen LogP contribution >= 0.6 is 11.6 Å². The highest BCUT2D eigenvalue weighted by Gasteiger charge is 2.28. The van der Waals surface area contributed by atoms with E-state index in [0.717, 1.165) is 84.1 Å². The van der Waals surface area contributed by atoms with Crippen molar-refractivity contribution in [3.05, 3.63) is 120 Å². The number of halogens is 1. The molecule has 17 nitrogen and oxygen atoms in total. The molecule has 0 bridgehead atoms. The van der Waals surface area contributed by atoms with Gasteiger partial charge in [-0.05, 0) is 123 Å². The third kappa shape index (κ3) is 9.29. The third-order valence-electron chi connectivity index (χ3n) is 10.9. The van der Waals surface area contributed by atoms with E-state index < -0.39 is 0 Å². The van der Waals surface area contributed by atoms with Crippen LogP contribution in [0.4, 0.5) is 29.2 Å². The molecule has 2 aromatic carbocycles. The van der Waals surface area contributed by atoms with Crippen LogP contribution in [0.1, 0.15) is 42.4 Å². The van der Waals surface area contributed by atoms with Crippen molar-refractivity contribution in [2.75, 3.05) is 54.3 Å². The summed E-state index contributed by atoms with van der Waals surface area (Å²) >= 11 is 5.92. The summed E-state index contributed by atoms with van der Waals surface area (Å²) in [6, 6.07) is 20.4. The van der Waals surface area contributed by atoms with Crippen LogP contribution in [-0.4, -0.2) is 104 Å². The zero-order valence-electron chi connectivity index (χ0n) is 35.2. The lowest BCUT2D eigenvalue weighted by atomic mass is 10.1. The molecule has 2 fully saturated rings. The molecule has 6 aromatic heterocycles. The number of imidazole rings is 2. The Morgan fingerprint density at radius 2 is 1.31 bits per heavy atom. The number of hydrogen-bond acceptors (Lipinski definition) is 13. The molecule has 0 spiro atoms. The number of fused-ring (bicyclic) bond motifs is 2. The minimum Gasteiger partial charge on any atom is -0.497 e. The number of anilines is 5. The highest BCUT2D eigenvalue weighted by atomic mass is 35.5. The molecule has 2 atom stereocenters. The van der Waals surface area contributed by atoms with Gasteiger partial charge in [0.25, 0.3) is 0 Å². The van der Waals surface area contributed by atoms with E-state index in [1.54, 1.807) is 30.5 Å². The number of rotatable bonds is 9. The highest BCUT2D eigenvalue weighted by molar-refractivity contribution is 6.28. The van der Waals surface area contributed by atoms with Gasteiger partial charge in [-0.15, -0.1) is 10.2 Å². The monoisotopic (exact) mass is 858 g/mol. The second kappa shape index (κ2) is 18.5. The Hall–Kier alpha value is -6.69. The maximum absolute atomic E-state index is 9.75. The summed E-state index contributed by atoms with van der Waals surface area (Å²) in [5, 5.41) is 31.3. The Morgan fingerprint density at radius 1 is 0.742 bits per heavy atom. The van der Waals surface area contributed by atoms with Crippen molar-refractivity contribution >= 4 is 51.9 Å². The zero-order valence-corrected chi connectivity index (χ0v) is 35.9. The van der Waals surface area contributed by atoms with E-state index in [4.69, 9.17) is 27.1 Å². The molecule has 0 saturated carbocycles. The van der Waals surface area contributed by atoms with Gasteiger partial charge in [0.2, 0.25) is 11.2 Å². The summed E-state index contributed by atoms with van der Waals surface area (Å²) in [5.74, 6) is 4.14. The number of nitrogen functional groups attached to an aromatic ring is 1. The number of aliphatic hydroxyl groups excluding tert-OH is 2. The van der Waals surface area contributed by atoms with Gasteiger partial charge in [0, 0.05) is 37.2 Å². The molecule has 322 valence electrons. The number of hydrogen-bond donors (Lipinski definition) is 4. The second-order valence-corrected chi connectivity index (χ2v) is 15.9. The fraction of sp³-hybridized carbons (Fsp3) is 0.318. The smallest absolute Gasteiger partial charge is 0.248 e. The predicted octanol–water partition coefficient (Wildman–Crippen LogP) is 6.35. The summed E-state index contributed by atoms with van der Waals surface area (Å²) in [5.41, 5.74) is 13.0.